The number of methoxy groups -OCH3 is 2. The van der Waals surface area contributed by atoms with Crippen molar-refractivity contribution in [2.45, 2.75) is 0 Å². The van der Waals surface area contributed by atoms with Crippen molar-refractivity contribution in [3.8, 4) is 11.5 Å². The molecular formula is C10H13N3O3S. The number of hydrazine groups is 1. The predicted octanol–water partition coefficient (Wildman–Crippen LogP) is 0.182. The molecular weight excluding hydrogens is 242 g/mol. The zero-order valence-corrected chi connectivity index (χ0v) is 10.3. The first-order valence-electron chi connectivity index (χ1n) is 4.67. The number of benzene rings is 1. The van der Waals surface area contributed by atoms with E-state index in [2.05, 4.69) is 23.1 Å². The Balaban J connectivity index is 2.96. The number of rotatable bonds is 3. The van der Waals surface area contributed by atoms with Crippen LogP contribution in [0.2, 0.25) is 0 Å². The Labute approximate surface area is 104 Å². The number of carbonyl (C=O) groups excluding carboxylic acids is 1. The first kappa shape index (κ1) is 13.0. The summed E-state index contributed by atoms with van der Waals surface area (Å²) in [5.74, 6) is 0.390. The Hall–Kier alpha value is -2.02. The van der Waals surface area contributed by atoms with Crippen molar-refractivity contribution in [3.63, 3.8) is 0 Å². The topological polar surface area (TPSA) is 85.6 Å². The fourth-order valence-corrected chi connectivity index (χ4v) is 1.30. The van der Waals surface area contributed by atoms with Crippen molar-refractivity contribution < 1.29 is 14.3 Å². The Morgan fingerprint density at radius 3 is 2.53 bits per heavy atom. The largest absolute Gasteiger partial charge is 0.493 e. The number of thiocarbonyl (C=S) groups is 1. The summed E-state index contributed by atoms with van der Waals surface area (Å²) in [5.41, 5.74) is 10.2. The molecule has 0 saturated carbocycles. The quantitative estimate of drug-likeness (QED) is 0.528. The van der Waals surface area contributed by atoms with Crippen molar-refractivity contribution in [1.29, 1.82) is 0 Å². The van der Waals surface area contributed by atoms with E-state index in [9.17, 15) is 4.79 Å². The monoisotopic (exact) mass is 255 g/mol. The second-order valence-corrected chi connectivity index (χ2v) is 3.42. The minimum Gasteiger partial charge on any atom is -0.493 e. The summed E-state index contributed by atoms with van der Waals surface area (Å²) < 4.78 is 10.2. The van der Waals surface area contributed by atoms with Gasteiger partial charge < -0.3 is 15.2 Å². The molecule has 0 heterocycles. The lowest BCUT2D eigenvalue weighted by molar-refractivity contribution is 0.0940. The number of nitrogens with one attached hydrogen (secondary N) is 2. The molecule has 0 atom stereocenters. The van der Waals surface area contributed by atoms with Crippen molar-refractivity contribution in [2.24, 2.45) is 5.73 Å². The van der Waals surface area contributed by atoms with Gasteiger partial charge in [0, 0.05) is 0 Å². The molecule has 1 amide bonds. The van der Waals surface area contributed by atoms with Gasteiger partial charge in [0.1, 0.15) is 0 Å². The molecule has 0 radical (unpaired) electrons. The van der Waals surface area contributed by atoms with E-state index in [4.69, 9.17) is 15.2 Å². The van der Waals surface area contributed by atoms with Crippen LogP contribution >= 0.6 is 12.2 Å². The Morgan fingerprint density at radius 1 is 1.29 bits per heavy atom. The van der Waals surface area contributed by atoms with Crippen LogP contribution in [-0.2, 0) is 0 Å². The minimum absolute atomic E-state index is 0.0276. The maximum atomic E-state index is 11.8. The number of hydrogen-bond acceptors (Lipinski definition) is 4. The summed E-state index contributed by atoms with van der Waals surface area (Å²) in [7, 11) is 2.95. The molecule has 6 nitrogen and oxygen atoms in total. The maximum absolute atomic E-state index is 11.8. The molecule has 1 rings (SSSR count). The number of ether oxygens (including phenoxy) is 2. The molecule has 0 bridgehead atoms. The number of nitrogens with two attached hydrogens (primary N) is 1. The van der Waals surface area contributed by atoms with Crippen LogP contribution in [0.5, 0.6) is 11.5 Å². The normalized spacial score (nSPS) is 9.29. The molecule has 1 aromatic carbocycles. The van der Waals surface area contributed by atoms with Gasteiger partial charge in [0.25, 0.3) is 5.91 Å². The summed E-state index contributed by atoms with van der Waals surface area (Å²) >= 11 is 4.57. The number of carbonyl (C=O) groups is 1. The van der Waals surface area contributed by atoms with Crippen LogP contribution in [0.4, 0.5) is 0 Å². The zero-order valence-electron chi connectivity index (χ0n) is 9.44. The Morgan fingerprint density at radius 2 is 2.00 bits per heavy atom. The summed E-state index contributed by atoms with van der Waals surface area (Å²) in [6.45, 7) is 0. The van der Waals surface area contributed by atoms with Crippen molar-refractivity contribution in [2.75, 3.05) is 14.2 Å². The molecule has 0 aromatic heterocycles. The van der Waals surface area contributed by atoms with Gasteiger partial charge in [0.2, 0.25) is 0 Å². The summed E-state index contributed by atoms with van der Waals surface area (Å²) in [6, 6.07) is 4.96. The molecule has 0 fully saturated rings. The fourth-order valence-electron chi connectivity index (χ4n) is 1.25. The lowest BCUT2D eigenvalue weighted by Gasteiger charge is -2.12. The molecule has 4 N–H and O–H groups in total. The molecule has 1 aromatic rings. The highest BCUT2D eigenvalue weighted by atomic mass is 32.1. The van der Waals surface area contributed by atoms with Crippen LogP contribution in [0.1, 0.15) is 10.4 Å². The lowest BCUT2D eigenvalue weighted by Crippen LogP contribution is -2.44. The molecule has 0 aliphatic heterocycles. The zero-order chi connectivity index (χ0) is 12.8. The van der Waals surface area contributed by atoms with Crippen molar-refractivity contribution in [1.82, 2.24) is 10.9 Å². The SMILES string of the molecule is COc1cccc(C(=O)NNC(N)=S)c1OC. The number of hydrogen-bond donors (Lipinski definition) is 3. The average Bonchev–Trinajstić information content (AvgIpc) is 2.34. The first-order chi connectivity index (χ1) is 8.10. The van der Waals surface area contributed by atoms with Crippen LogP contribution in [0.15, 0.2) is 18.2 Å². The predicted molar refractivity (Wildman–Crippen MR) is 66.9 cm³/mol. The van der Waals surface area contributed by atoms with Gasteiger partial charge in [-0.1, -0.05) is 6.07 Å². The molecule has 0 saturated heterocycles. The van der Waals surface area contributed by atoms with Gasteiger partial charge in [-0.2, -0.15) is 0 Å². The minimum atomic E-state index is -0.423. The molecule has 0 aliphatic rings. The van der Waals surface area contributed by atoms with Gasteiger partial charge in [-0.15, -0.1) is 0 Å². The van der Waals surface area contributed by atoms with Crippen LogP contribution < -0.4 is 26.1 Å². The van der Waals surface area contributed by atoms with Gasteiger partial charge in [-0.05, 0) is 24.4 Å². The number of para-hydroxylation sites is 1. The molecule has 0 aliphatic carbocycles. The van der Waals surface area contributed by atoms with Crippen molar-refractivity contribution >= 4 is 23.2 Å². The molecule has 7 heteroatoms. The van der Waals surface area contributed by atoms with E-state index in [-0.39, 0.29) is 5.11 Å². The van der Waals surface area contributed by atoms with Gasteiger partial charge in [-0.3, -0.25) is 15.6 Å². The van der Waals surface area contributed by atoms with Crippen molar-refractivity contribution in [3.05, 3.63) is 23.8 Å². The van der Waals surface area contributed by atoms with E-state index >= 15 is 0 Å². The van der Waals surface area contributed by atoms with E-state index in [1.54, 1.807) is 18.2 Å². The third kappa shape index (κ3) is 3.22. The summed E-state index contributed by atoms with van der Waals surface area (Å²) in [5, 5.41) is -0.0276. The van der Waals surface area contributed by atoms with Gasteiger partial charge in [0.15, 0.2) is 16.6 Å². The van der Waals surface area contributed by atoms with Gasteiger partial charge in [0.05, 0.1) is 19.8 Å². The third-order valence-electron chi connectivity index (χ3n) is 1.95. The van der Waals surface area contributed by atoms with Crippen LogP contribution in [0, 0.1) is 0 Å². The van der Waals surface area contributed by atoms with E-state index in [0.29, 0.717) is 17.1 Å². The maximum Gasteiger partial charge on any atom is 0.273 e. The second kappa shape index (κ2) is 5.90. The van der Waals surface area contributed by atoms with E-state index in [1.807, 2.05) is 0 Å². The standard InChI is InChI=1S/C10H13N3O3S/c1-15-7-5-3-4-6(8(7)16-2)9(14)12-13-10(11)17/h3-5H,1-2H3,(H,12,14)(H3,11,13,17). The average molecular weight is 255 g/mol. The fraction of sp³-hybridized carbons (Fsp3) is 0.200. The second-order valence-electron chi connectivity index (χ2n) is 2.98. The smallest absolute Gasteiger partial charge is 0.273 e. The third-order valence-corrected chi connectivity index (χ3v) is 2.05. The molecule has 17 heavy (non-hydrogen) atoms. The highest BCUT2D eigenvalue weighted by Crippen LogP contribution is 2.30. The molecule has 92 valence electrons. The van der Waals surface area contributed by atoms with Gasteiger partial charge >= 0.3 is 0 Å². The van der Waals surface area contributed by atoms with Crippen LogP contribution in [-0.4, -0.2) is 25.2 Å². The van der Waals surface area contributed by atoms with E-state index < -0.39 is 5.91 Å². The lowest BCUT2D eigenvalue weighted by atomic mass is 10.2. The number of amides is 1. The van der Waals surface area contributed by atoms with Crippen LogP contribution in [0.25, 0.3) is 0 Å². The Bertz CT molecular complexity index is 437. The molecule has 0 spiro atoms. The Kier molecular flexibility index (Phi) is 4.53. The van der Waals surface area contributed by atoms with Gasteiger partial charge in [-0.25, -0.2) is 0 Å². The molecule has 0 unspecified atom stereocenters. The first-order valence-corrected chi connectivity index (χ1v) is 5.07. The van der Waals surface area contributed by atoms with Crippen LogP contribution in [0.3, 0.4) is 0 Å². The van der Waals surface area contributed by atoms with E-state index in [1.165, 1.54) is 14.2 Å². The summed E-state index contributed by atoms with van der Waals surface area (Å²) in [6.07, 6.45) is 0. The highest BCUT2D eigenvalue weighted by molar-refractivity contribution is 7.80. The summed E-state index contributed by atoms with van der Waals surface area (Å²) in [4.78, 5) is 11.8. The van der Waals surface area contributed by atoms with E-state index in [0.717, 1.165) is 0 Å². The highest BCUT2D eigenvalue weighted by Gasteiger charge is 2.15.